The molecule has 1 atom stereocenters. The maximum atomic E-state index is 6.54. The van der Waals surface area contributed by atoms with Gasteiger partial charge in [0.25, 0.3) is 0 Å². The van der Waals surface area contributed by atoms with Crippen LogP contribution in [0.25, 0.3) is 61.2 Å². The number of nitrogens with zero attached hydrogens (tertiary/aromatic N) is 2. The van der Waals surface area contributed by atoms with Gasteiger partial charge < -0.3 is 13.9 Å². The molecule has 0 saturated carbocycles. The molecule has 0 radical (unpaired) electrons. The summed E-state index contributed by atoms with van der Waals surface area (Å²) in [7, 11) is 0. The van der Waals surface area contributed by atoms with E-state index in [1.165, 1.54) is 72.1 Å². The zero-order valence-electron chi connectivity index (χ0n) is 25.4. The van der Waals surface area contributed by atoms with Gasteiger partial charge in [-0.05, 0) is 55.0 Å². The van der Waals surface area contributed by atoms with Gasteiger partial charge in [-0.15, -0.1) is 0 Å². The molecule has 0 saturated heterocycles. The van der Waals surface area contributed by atoms with Crippen LogP contribution >= 0.6 is 0 Å². The van der Waals surface area contributed by atoms with Crippen molar-refractivity contribution in [3.8, 4) is 16.8 Å². The van der Waals surface area contributed by atoms with Crippen molar-refractivity contribution in [2.24, 2.45) is 0 Å². The fraction of sp³-hybridized carbons (Fsp3) is 0.0698. The monoisotopic (exact) mass is 590 g/mol. The summed E-state index contributed by atoms with van der Waals surface area (Å²) in [5.74, 6) is 1.05. The Balaban J connectivity index is 1.22. The first kappa shape index (κ1) is 25.5. The molecular weight excluding hydrogens is 560 g/mol. The van der Waals surface area contributed by atoms with Crippen LogP contribution in [0.4, 0.5) is 11.4 Å². The standard InChI is InChI=1S/C43H30N2O/c1-43-27-42-34(32-18-7-13-25-41(32)46-42)26-35(43)33-19-6-12-24-40(33)45(43)39-23-11-5-17-31(39)30-16-4-10-22-38(30)44-36-20-8-2-14-28(36)29-15-3-9-21-37(29)44/h2-26H,27H2,1H3. The molecule has 6 aromatic carbocycles. The Kier molecular flexibility index (Phi) is 5.19. The largest absolute Gasteiger partial charge is 0.460 e. The zero-order chi connectivity index (χ0) is 30.4. The average molecular weight is 591 g/mol. The second-order valence-electron chi connectivity index (χ2n) is 12.7. The number of furan rings is 1. The van der Waals surface area contributed by atoms with E-state index in [0.29, 0.717) is 0 Å². The van der Waals surface area contributed by atoms with Gasteiger partial charge >= 0.3 is 0 Å². The molecule has 2 aromatic heterocycles. The van der Waals surface area contributed by atoms with E-state index in [9.17, 15) is 0 Å². The van der Waals surface area contributed by atoms with Gasteiger partial charge in [0.1, 0.15) is 11.3 Å². The predicted molar refractivity (Wildman–Crippen MR) is 191 cm³/mol. The van der Waals surface area contributed by atoms with Gasteiger partial charge in [0.15, 0.2) is 0 Å². The lowest BCUT2D eigenvalue weighted by atomic mass is 9.79. The molecule has 0 amide bonds. The lowest BCUT2D eigenvalue weighted by molar-refractivity contribution is 0.483. The second kappa shape index (κ2) is 9.35. The Bertz CT molecular complexity index is 2490. The number of hydrogen-bond acceptors (Lipinski definition) is 2. The third-order valence-corrected chi connectivity index (χ3v) is 10.2. The molecule has 3 heterocycles. The third kappa shape index (κ3) is 3.37. The summed E-state index contributed by atoms with van der Waals surface area (Å²) in [4.78, 5) is 2.57. The Hall–Kier alpha value is -5.80. The van der Waals surface area contributed by atoms with Crippen molar-refractivity contribution in [1.29, 1.82) is 0 Å². The average Bonchev–Trinajstić information content (AvgIpc) is 3.71. The first-order valence-electron chi connectivity index (χ1n) is 16.0. The molecule has 46 heavy (non-hydrogen) atoms. The van der Waals surface area contributed by atoms with Gasteiger partial charge in [-0.1, -0.05) is 109 Å². The second-order valence-corrected chi connectivity index (χ2v) is 12.7. The van der Waals surface area contributed by atoms with Crippen molar-refractivity contribution < 1.29 is 4.42 Å². The molecular formula is C43H30N2O. The molecule has 3 heteroatoms. The number of aromatic nitrogens is 1. The van der Waals surface area contributed by atoms with Gasteiger partial charge in [0.2, 0.25) is 0 Å². The first-order valence-corrected chi connectivity index (χ1v) is 16.0. The number of anilines is 2. The summed E-state index contributed by atoms with van der Waals surface area (Å²) >= 11 is 0. The van der Waals surface area contributed by atoms with Crippen molar-refractivity contribution in [3.63, 3.8) is 0 Å². The maximum absolute atomic E-state index is 6.54. The predicted octanol–water partition coefficient (Wildman–Crippen LogP) is 11.2. The molecule has 1 aliphatic carbocycles. The third-order valence-electron chi connectivity index (χ3n) is 10.2. The minimum Gasteiger partial charge on any atom is -0.460 e. The zero-order valence-corrected chi connectivity index (χ0v) is 25.4. The van der Waals surface area contributed by atoms with Crippen LogP contribution < -0.4 is 4.90 Å². The molecule has 3 nitrogen and oxygen atoms in total. The summed E-state index contributed by atoms with van der Waals surface area (Å²) in [5, 5.41) is 3.71. The van der Waals surface area contributed by atoms with Crippen molar-refractivity contribution in [2.45, 2.75) is 18.9 Å². The highest BCUT2D eigenvalue weighted by molar-refractivity contribution is 6.11. The van der Waals surface area contributed by atoms with E-state index in [1.807, 2.05) is 0 Å². The number of para-hydroxylation sites is 6. The molecule has 10 rings (SSSR count). The molecule has 8 aromatic rings. The van der Waals surface area contributed by atoms with Crippen LogP contribution in [0, 0.1) is 0 Å². The van der Waals surface area contributed by atoms with Crippen LogP contribution in [0.5, 0.6) is 0 Å². The van der Waals surface area contributed by atoms with Crippen LogP contribution in [0.1, 0.15) is 23.8 Å². The summed E-state index contributed by atoms with van der Waals surface area (Å²) in [6.07, 6.45) is 3.17. The van der Waals surface area contributed by atoms with Crippen LogP contribution in [0.2, 0.25) is 0 Å². The molecule has 2 aliphatic rings. The van der Waals surface area contributed by atoms with Gasteiger partial charge in [-0.3, -0.25) is 0 Å². The lowest BCUT2D eigenvalue weighted by Crippen LogP contribution is -2.43. The van der Waals surface area contributed by atoms with Crippen LogP contribution in [-0.4, -0.2) is 10.1 Å². The van der Waals surface area contributed by atoms with E-state index in [0.717, 1.165) is 17.8 Å². The number of rotatable bonds is 3. The minimum absolute atomic E-state index is 0.331. The smallest absolute Gasteiger partial charge is 0.134 e. The van der Waals surface area contributed by atoms with Crippen molar-refractivity contribution in [1.82, 2.24) is 4.57 Å². The highest BCUT2D eigenvalue weighted by Gasteiger charge is 2.48. The first-order chi connectivity index (χ1) is 22.7. The Morgan fingerprint density at radius 1 is 0.522 bits per heavy atom. The maximum Gasteiger partial charge on any atom is 0.134 e. The number of benzene rings is 6. The molecule has 0 bridgehead atoms. The van der Waals surface area contributed by atoms with E-state index in [1.54, 1.807) is 0 Å². The summed E-state index contributed by atoms with van der Waals surface area (Å²) in [6, 6.07) is 52.5. The van der Waals surface area contributed by atoms with E-state index in [4.69, 9.17) is 4.42 Å². The van der Waals surface area contributed by atoms with Crippen LogP contribution in [-0.2, 0) is 6.42 Å². The van der Waals surface area contributed by atoms with E-state index in [-0.39, 0.29) is 5.54 Å². The molecule has 1 aliphatic heterocycles. The fourth-order valence-corrected chi connectivity index (χ4v) is 8.21. The number of hydrogen-bond donors (Lipinski definition) is 0. The van der Waals surface area contributed by atoms with Gasteiger partial charge in [-0.25, -0.2) is 0 Å². The summed E-state index contributed by atoms with van der Waals surface area (Å²) in [5.41, 5.74) is 12.9. The van der Waals surface area contributed by atoms with Gasteiger partial charge in [0, 0.05) is 56.2 Å². The number of fused-ring (bicyclic) bond motifs is 9. The summed E-state index contributed by atoms with van der Waals surface area (Å²) in [6.45, 7) is 2.38. The normalized spacial score (nSPS) is 16.9. The molecule has 0 spiro atoms. The van der Waals surface area contributed by atoms with E-state index in [2.05, 4.69) is 168 Å². The fourth-order valence-electron chi connectivity index (χ4n) is 8.21. The molecule has 0 fully saturated rings. The van der Waals surface area contributed by atoms with Crippen molar-refractivity contribution in [3.05, 3.63) is 162 Å². The van der Waals surface area contributed by atoms with E-state index >= 15 is 0 Å². The Morgan fingerprint density at radius 2 is 1.02 bits per heavy atom. The molecule has 218 valence electrons. The van der Waals surface area contributed by atoms with Crippen LogP contribution in [0.15, 0.2) is 150 Å². The molecule has 0 N–H and O–H groups in total. The van der Waals surface area contributed by atoms with Crippen LogP contribution in [0.3, 0.4) is 0 Å². The Morgan fingerprint density at radius 3 is 1.72 bits per heavy atom. The van der Waals surface area contributed by atoms with Crippen molar-refractivity contribution >= 4 is 55.8 Å². The highest BCUT2D eigenvalue weighted by atomic mass is 16.3. The van der Waals surface area contributed by atoms with Gasteiger partial charge in [0.05, 0.1) is 22.3 Å². The van der Waals surface area contributed by atoms with Crippen molar-refractivity contribution in [2.75, 3.05) is 4.90 Å². The minimum atomic E-state index is -0.331. The van der Waals surface area contributed by atoms with Gasteiger partial charge in [-0.2, -0.15) is 0 Å². The highest BCUT2D eigenvalue weighted by Crippen LogP contribution is 2.57. The topological polar surface area (TPSA) is 21.3 Å². The quantitative estimate of drug-likeness (QED) is 0.204. The SMILES string of the molecule is CC12Cc3oc4ccccc4c3C=C1c1ccccc1N2c1ccccc1-c1ccccc1-n1c2ccccc2c2ccccc21. The lowest BCUT2D eigenvalue weighted by Gasteiger charge is -2.40. The summed E-state index contributed by atoms with van der Waals surface area (Å²) < 4.78 is 8.97. The Labute approximate surface area is 267 Å². The molecule has 1 unspecified atom stereocenters. The van der Waals surface area contributed by atoms with E-state index < -0.39 is 0 Å².